The second-order valence-electron chi connectivity index (χ2n) is 2.76. The highest BCUT2D eigenvalue weighted by molar-refractivity contribution is 5.81. The van der Waals surface area contributed by atoms with Gasteiger partial charge in [0, 0.05) is 6.08 Å². The monoisotopic (exact) mass is 194 g/mol. The van der Waals surface area contributed by atoms with Crippen LogP contribution in [0.2, 0.25) is 0 Å². The largest absolute Gasteiger partial charge is 0.466 e. The number of hydrogen-bond acceptors (Lipinski definition) is 2. The summed E-state index contributed by atoms with van der Waals surface area (Å²) in [6, 6.07) is 6.14. The standard InChI is InChI=1S/C11H11FO2/c1-14-11(13)4-2-3-9-5-7-10(12)8-6-9/h2,4-8H,3H2,1H3/b4-2-. The van der Waals surface area contributed by atoms with Gasteiger partial charge in [-0.3, -0.25) is 0 Å². The van der Waals surface area contributed by atoms with Gasteiger partial charge in [0.05, 0.1) is 7.11 Å². The first kappa shape index (κ1) is 10.4. The molecule has 1 aromatic carbocycles. The molecule has 0 aromatic heterocycles. The van der Waals surface area contributed by atoms with Gasteiger partial charge in [0.2, 0.25) is 0 Å². The molecule has 0 bridgehead atoms. The lowest BCUT2D eigenvalue weighted by molar-refractivity contribution is -0.134. The van der Waals surface area contributed by atoms with Crippen LogP contribution in [0.1, 0.15) is 5.56 Å². The number of carbonyl (C=O) groups excluding carboxylic acids is 1. The molecule has 0 saturated carbocycles. The number of ether oxygens (including phenoxy) is 1. The van der Waals surface area contributed by atoms with Crippen molar-refractivity contribution in [1.82, 2.24) is 0 Å². The van der Waals surface area contributed by atoms with Crippen molar-refractivity contribution in [2.75, 3.05) is 7.11 Å². The van der Waals surface area contributed by atoms with Crippen molar-refractivity contribution >= 4 is 5.97 Å². The predicted molar refractivity (Wildman–Crippen MR) is 51.3 cm³/mol. The Kier molecular flexibility index (Phi) is 3.85. The van der Waals surface area contributed by atoms with E-state index in [0.29, 0.717) is 6.42 Å². The van der Waals surface area contributed by atoms with Gasteiger partial charge in [-0.2, -0.15) is 0 Å². The Morgan fingerprint density at radius 2 is 2.07 bits per heavy atom. The van der Waals surface area contributed by atoms with E-state index in [1.807, 2.05) is 0 Å². The third-order valence-electron chi connectivity index (χ3n) is 1.72. The van der Waals surface area contributed by atoms with Gasteiger partial charge in [-0.05, 0) is 24.1 Å². The lowest BCUT2D eigenvalue weighted by Crippen LogP contribution is -1.94. The summed E-state index contributed by atoms with van der Waals surface area (Å²) < 4.78 is 16.9. The molecule has 14 heavy (non-hydrogen) atoms. The molecule has 0 heterocycles. The van der Waals surface area contributed by atoms with E-state index in [2.05, 4.69) is 4.74 Å². The van der Waals surface area contributed by atoms with E-state index in [1.165, 1.54) is 25.3 Å². The Bertz CT molecular complexity index is 328. The first-order valence-electron chi connectivity index (χ1n) is 4.21. The van der Waals surface area contributed by atoms with E-state index < -0.39 is 0 Å². The second-order valence-corrected chi connectivity index (χ2v) is 2.76. The second kappa shape index (κ2) is 5.17. The van der Waals surface area contributed by atoms with Crippen LogP contribution >= 0.6 is 0 Å². The Hall–Kier alpha value is -1.64. The van der Waals surface area contributed by atoms with Gasteiger partial charge in [-0.25, -0.2) is 9.18 Å². The van der Waals surface area contributed by atoms with Crippen LogP contribution in [0, 0.1) is 5.82 Å². The Morgan fingerprint density at radius 3 is 2.64 bits per heavy atom. The molecule has 0 fully saturated rings. The number of carbonyl (C=O) groups is 1. The molecule has 0 N–H and O–H groups in total. The minimum absolute atomic E-state index is 0.259. The molecule has 3 heteroatoms. The van der Waals surface area contributed by atoms with Crippen molar-refractivity contribution in [3.8, 4) is 0 Å². The highest BCUT2D eigenvalue weighted by Gasteiger charge is 1.92. The maximum absolute atomic E-state index is 12.5. The summed E-state index contributed by atoms with van der Waals surface area (Å²) in [5.41, 5.74) is 0.951. The van der Waals surface area contributed by atoms with Crippen LogP contribution < -0.4 is 0 Å². The third-order valence-corrected chi connectivity index (χ3v) is 1.72. The van der Waals surface area contributed by atoms with Gasteiger partial charge < -0.3 is 4.74 Å². The summed E-state index contributed by atoms with van der Waals surface area (Å²) in [6.07, 6.45) is 3.62. The molecule has 0 radical (unpaired) electrons. The Balaban J connectivity index is 2.49. The number of allylic oxidation sites excluding steroid dienone is 1. The predicted octanol–water partition coefficient (Wildman–Crippen LogP) is 2.10. The number of benzene rings is 1. The number of rotatable bonds is 3. The maximum Gasteiger partial charge on any atom is 0.330 e. The van der Waals surface area contributed by atoms with Crippen molar-refractivity contribution in [3.63, 3.8) is 0 Å². The summed E-state index contributed by atoms with van der Waals surface area (Å²) in [4.78, 5) is 10.7. The summed E-state index contributed by atoms with van der Waals surface area (Å²) in [5, 5.41) is 0. The van der Waals surface area contributed by atoms with Gasteiger partial charge >= 0.3 is 5.97 Å². The van der Waals surface area contributed by atoms with Crippen LogP contribution in [0.5, 0.6) is 0 Å². The van der Waals surface area contributed by atoms with Gasteiger partial charge in [-0.1, -0.05) is 18.2 Å². The zero-order valence-electron chi connectivity index (χ0n) is 7.87. The molecule has 1 rings (SSSR count). The van der Waals surface area contributed by atoms with Crippen molar-refractivity contribution in [2.24, 2.45) is 0 Å². The van der Waals surface area contributed by atoms with Gasteiger partial charge in [-0.15, -0.1) is 0 Å². The highest BCUT2D eigenvalue weighted by Crippen LogP contribution is 2.03. The van der Waals surface area contributed by atoms with E-state index in [0.717, 1.165) is 5.56 Å². The summed E-state index contributed by atoms with van der Waals surface area (Å²) >= 11 is 0. The molecular formula is C11H11FO2. The van der Waals surface area contributed by atoms with Crippen LogP contribution in [0.4, 0.5) is 4.39 Å². The van der Waals surface area contributed by atoms with E-state index in [1.54, 1.807) is 18.2 Å². The molecule has 0 saturated heterocycles. The maximum atomic E-state index is 12.5. The molecule has 74 valence electrons. The fourth-order valence-electron chi connectivity index (χ4n) is 0.980. The van der Waals surface area contributed by atoms with Gasteiger partial charge in [0.15, 0.2) is 0 Å². The first-order valence-corrected chi connectivity index (χ1v) is 4.21. The lowest BCUT2D eigenvalue weighted by atomic mass is 10.1. The van der Waals surface area contributed by atoms with Gasteiger partial charge in [0.1, 0.15) is 5.82 Å². The number of methoxy groups -OCH3 is 1. The summed E-state index contributed by atoms with van der Waals surface area (Å²) in [6.45, 7) is 0. The van der Waals surface area contributed by atoms with Crippen LogP contribution in [0.3, 0.4) is 0 Å². The van der Waals surface area contributed by atoms with Crippen LogP contribution in [-0.2, 0) is 16.0 Å². The fraction of sp³-hybridized carbons (Fsp3) is 0.182. The highest BCUT2D eigenvalue weighted by atomic mass is 19.1. The van der Waals surface area contributed by atoms with E-state index in [9.17, 15) is 9.18 Å². The Morgan fingerprint density at radius 1 is 1.43 bits per heavy atom. The molecule has 0 spiro atoms. The molecule has 1 aromatic rings. The average Bonchev–Trinajstić information content (AvgIpc) is 2.21. The van der Waals surface area contributed by atoms with E-state index in [4.69, 9.17) is 0 Å². The quantitative estimate of drug-likeness (QED) is 0.544. The molecule has 2 nitrogen and oxygen atoms in total. The lowest BCUT2D eigenvalue weighted by Gasteiger charge is -1.95. The van der Waals surface area contributed by atoms with Crippen molar-refractivity contribution in [2.45, 2.75) is 6.42 Å². The van der Waals surface area contributed by atoms with Crippen LogP contribution in [0.25, 0.3) is 0 Å². The average molecular weight is 194 g/mol. The third kappa shape index (κ3) is 3.39. The first-order chi connectivity index (χ1) is 6.72. The van der Waals surface area contributed by atoms with Crippen molar-refractivity contribution in [1.29, 1.82) is 0 Å². The molecule has 0 unspecified atom stereocenters. The smallest absolute Gasteiger partial charge is 0.330 e. The minimum atomic E-state index is -0.382. The fourth-order valence-corrected chi connectivity index (χ4v) is 0.980. The molecule has 0 aliphatic rings. The molecule has 0 amide bonds. The zero-order valence-corrected chi connectivity index (χ0v) is 7.87. The molecule has 0 aliphatic carbocycles. The van der Waals surface area contributed by atoms with Crippen LogP contribution in [-0.4, -0.2) is 13.1 Å². The Labute approximate surface area is 82.0 Å². The van der Waals surface area contributed by atoms with E-state index in [-0.39, 0.29) is 11.8 Å². The number of halogens is 1. The molecule has 0 aliphatic heterocycles. The minimum Gasteiger partial charge on any atom is -0.466 e. The van der Waals surface area contributed by atoms with E-state index >= 15 is 0 Å². The van der Waals surface area contributed by atoms with Crippen LogP contribution in [0.15, 0.2) is 36.4 Å². The van der Waals surface area contributed by atoms with Crippen molar-refractivity contribution < 1.29 is 13.9 Å². The molecular weight excluding hydrogens is 183 g/mol. The zero-order chi connectivity index (χ0) is 10.4. The number of esters is 1. The summed E-state index contributed by atoms with van der Waals surface area (Å²) in [5.74, 6) is -0.641. The van der Waals surface area contributed by atoms with Crippen molar-refractivity contribution in [3.05, 3.63) is 47.8 Å². The van der Waals surface area contributed by atoms with Gasteiger partial charge in [0.25, 0.3) is 0 Å². The number of hydrogen-bond donors (Lipinski definition) is 0. The normalized spacial score (nSPS) is 10.4. The summed E-state index contributed by atoms with van der Waals surface area (Å²) in [7, 11) is 1.32. The topological polar surface area (TPSA) is 26.3 Å². The molecule has 0 atom stereocenters. The SMILES string of the molecule is COC(=O)/C=C\Cc1ccc(F)cc1.